The normalized spacial score (nSPS) is 11.5. The lowest BCUT2D eigenvalue weighted by Gasteiger charge is -2.14. The van der Waals surface area contributed by atoms with E-state index in [2.05, 4.69) is 15.3 Å². The number of rotatable bonds is 9. The van der Waals surface area contributed by atoms with E-state index in [9.17, 15) is 4.79 Å². The highest BCUT2D eigenvalue weighted by atomic mass is 16.4. The van der Waals surface area contributed by atoms with Crippen LogP contribution in [0.4, 0.5) is 5.69 Å². The van der Waals surface area contributed by atoms with Gasteiger partial charge in [-0.2, -0.15) is 0 Å². The number of pyridine rings is 1. The summed E-state index contributed by atoms with van der Waals surface area (Å²) in [5.74, 6) is -0.851. The molecule has 152 valence electrons. The van der Waals surface area contributed by atoms with E-state index < -0.39 is 5.97 Å². The summed E-state index contributed by atoms with van der Waals surface area (Å²) in [5, 5.41) is 12.1. The lowest BCUT2D eigenvalue weighted by Crippen LogP contribution is -2.10. The molecule has 0 aliphatic rings. The number of aliphatic carboxylic acids is 1. The quantitative estimate of drug-likeness (QED) is 0.467. The van der Waals surface area contributed by atoms with Crippen LogP contribution in [0.15, 0.2) is 84.1 Å². The second-order valence-corrected chi connectivity index (χ2v) is 6.67. The fourth-order valence-corrected chi connectivity index (χ4v) is 2.92. The van der Waals surface area contributed by atoms with E-state index in [1.807, 2.05) is 60.7 Å². The van der Waals surface area contributed by atoms with Gasteiger partial charge in [-0.15, -0.1) is 0 Å². The first-order valence-corrected chi connectivity index (χ1v) is 9.63. The smallest absolute Gasteiger partial charge is 0.305 e. The van der Waals surface area contributed by atoms with Crippen LogP contribution in [-0.4, -0.2) is 28.8 Å². The van der Waals surface area contributed by atoms with Crippen molar-refractivity contribution in [2.75, 3.05) is 11.9 Å². The van der Waals surface area contributed by atoms with E-state index in [-0.39, 0.29) is 6.42 Å². The average Bonchev–Trinajstić information content (AvgIpc) is 2.78. The molecule has 3 aromatic rings. The van der Waals surface area contributed by atoms with Crippen LogP contribution in [0.5, 0.6) is 0 Å². The van der Waals surface area contributed by atoms with E-state index in [4.69, 9.17) is 10.8 Å². The van der Waals surface area contributed by atoms with E-state index in [0.717, 1.165) is 27.9 Å². The third kappa shape index (κ3) is 6.04. The minimum atomic E-state index is -0.851. The molecule has 0 aliphatic carbocycles. The van der Waals surface area contributed by atoms with Crippen molar-refractivity contribution in [1.82, 2.24) is 4.98 Å². The van der Waals surface area contributed by atoms with Crippen molar-refractivity contribution in [3.8, 4) is 11.1 Å². The summed E-state index contributed by atoms with van der Waals surface area (Å²) < 4.78 is 0. The predicted octanol–water partition coefficient (Wildman–Crippen LogP) is 4.21. The Balaban J connectivity index is 1.83. The van der Waals surface area contributed by atoms with Gasteiger partial charge in [0.15, 0.2) is 0 Å². The van der Waals surface area contributed by atoms with Crippen LogP contribution in [0, 0.1) is 0 Å². The van der Waals surface area contributed by atoms with Gasteiger partial charge in [-0.3, -0.25) is 14.8 Å². The minimum Gasteiger partial charge on any atom is -0.481 e. The molecule has 0 unspecified atom stereocenters. The van der Waals surface area contributed by atoms with Crippen LogP contribution in [0.2, 0.25) is 0 Å². The van der Waals surface area contributed by atoms with Crippen molar-refractivity contribution in [3.05, 3.63) is 90.3 Å². The second-order valence-electron chi connectivity index (χ2n) is 6.67. The molecule has 0 amide bonds. The molecule has 0 bridgehead atoms. The van der Waals surface area contributed by atoms with Gasteiger partial charge < -0.3 is 16.2 Å². The molecule has 6 nitrogen and oxygen atoms in total. The molecule has 0 saturated carbocycles. The summed E-state index contributed by atoms with van der Waals surface area (Å²) in [6, 6.07) is 19.8. The summed E-state index contributed by atoms with van der Waals surface area (Å²) >= 11 is 0. The van der Waals surface area contributed by atoms with Crippen LogP contribution in [0.1, 0.15) is 17.5 Å². The molecule has 0 fully saturated rings. The number of nitrogens with one attached hydrogen (secondary N) is 1. The average molecular weight is 400 g/mol. The molecule has 0 radical (unpaired) electrons. The Kier molecular flexibility index (Phi) is 7.33. The molecule has 6 heteroatoms. The molecule has 1 aromatic heterocycles. The maximum absolute atomic E-state index is 10.8. The zero-order valence-corrected chi connectivity index (χ0v) is 16.5. The fraction of sp³-hybridized carbons (Fsp3) is 0.125. The molecule has 30 heavy (non-hydrogen) atoms. The fourth-order valence-electron chi connectivity index (χ4n) is 2.92. The predicted molar refractivity (Wildman–Crippen MR) is 121 cm³/mol. The van der Waals surface area contributed by atoms with Gasteiger partial charge in [0.25, 0.3) is 0 Å². The van der Waals surface area contributed by atoms with E-state index >= 15 is 0 Å². The highest BCUT2D eigenvalue weighted by molar-refractivity contribution is 5.88. The number of hydrogen-bond acceptors (Lipinski definition) is 5. The summed E-state index contributed by atoms with van der Waals surface area (Å²) in [5.41, 5.74) is 11.6. The Hall–Kier alpha value is -3.93. The van der Waals surface area contributed by atoms with Gasteiger partial charge in [-0.25, -0.2) is 0 Å². The lowest BCUT2D eigenvalue weighted by atomic mass is 10.00. The summed E-state index contributed by atoms with van der Waals surface area (Å²) in [7, 11) is 0. The third-order valence-corrected chi connectivity index (χ3v) is 4.45. The molecule has 0 aliphatic heterocycles. The summed E-state index contributed by atoms with van der Waals surface area (Å²) in [4.78, 5) is 19.3. The number of carbonyl (C=O) groups is 1. The molecular weight excluding hydrogens is 376 g/mol. The van der Waals surface area contributed by atoms with Crippen molar-refractivity contribution in [2.24, 2.45) is 10.7 Å². The topological polar surface area (TPSA) is 101 Å². The number of carboxylic acids is 1. The SMILES string of the molecule is N/C(=C\C=NCc1cccnc1)c1cc(-c2ccccc2)ccc1NCCC(=O)O. The first-order valence-electron chi connectivity index (χ1n) is 9.63. The molecule has 0 saturated heterocycles. The summed E-state index contributed by atoms with van der Waals surface area (Å²) in [6.45, 7) is 0.834. The van der Waals surface area contributed by atoms with Crippen molar-refractivity contribution < 1.29 is 9.90 Å². The molecule has 2 aromatic carbocycles. The maximum atomic E-state index is 10.8. The Morgan fingerprint density at radius 2 is 1.93 bits per heavy atom. The molecule has 1 heterocycles. The lowest BCUT2D eigenvalue weighted by molar-refractivity contribution is -0.136. The van der Waals surface area contributed by atoms with E-state index in [0.29, 0.717) is 18.8 Å². The number of aliphatic imine (C=N–C) groups is 1. The Morgan fingerprint density at radius 3 is 2.67 bits per heavy atom. The van der Waals surface area contributed by atoms with E-state index in [1.165, 1.54) is 0 Å². The maximum Gasteiger partial charge on any atom is 0.305 e. The minimum absolute atomic E-state index is 0.0239. The molecule has 0 atom stereocenters. The Bertz CT molecular complexity index is 1030. The highest BCUT2D eigenvalue weighted by Crippen LogP contribution is 2.28. The van der Waals surface area contributed by atoms with Gasteiger partial charge in [0.2, 0.25) is 0 Å². The summed E-state index contributed by atoms with van der Waals surface area (Å²) in [6.07, 6.45) is 6.96. The monoisotopic (exact) mass is 400 g/mol. The van der Waals surface area contributed by atoms with Crippen molar-refractivity contribution in [1.29, 1.82) is 0 Å². The van der Waals surface area contributed by atoms with Gasteiger partial charge in [0, 0.05) is 42.1 Å². The zero-order chi connectivity index (χ0) is 21.2. The molecule has 4 N–H and O–H groups in total. The number of anilines is 1. The third-order valence-electron chi connectivity index (χ3n) is 4.45. The number of carboxylic acid groups (broad SMARTS) is 1. The number of nitrogens with zero attached hydrogens (tertiary/aromatic N) is 2. The van der Waals surface area contributed by atoms with Crippen LogP contribution in [0.3, 0.4) is 0 Å². The largest absolute Gasteiger partial charge is 0.481 e. The first-order chi connectivity index (χ1) is 14.6. The van der Waals surface area contributed by atoms with E-state index in [1.54, 1.807) is 24.7 Å². The van der Waals surface area contributed by atoms with Crippen LogP contribution >= 0.6 is 0 Å². The van der Waals surface area contributed by atoms with Crippen molar-refractivity contribution in [3.63, 3.8) is 0 Å². The van der Waals surface area contributed by atoms with Gasteiger partial charge in [0.1, 0.15) is 0 Å². The van der Waals surface area contributed by atoms with Gasteiger partial charge in [-0.1, -0.05) is 42.5 Å². The zero-order valence-electron chi connectivity index (χ0n) is 16.5. The Morgan fingerprint density at radius 1 is 1.10 bits per heavy atom. The second kappa shape index (κ2) is 10.6. The Labute approximate surface area is 175 Å². The molecule has 0 spiro atoms. The van der Waals surface area contributed by atoms with Gasteiger partial charge >= 0.3 is 5.97 Å². The number of nitrogens with two attached hydrogens (primary N) is 1. The van der Waals surface area contributed by atoms with Crippen molar-refractivity contribution in [2.45, 2.75) is 13.0 Å². The number of benzene rings is 2. The van der Waals surface area contributed by atoms with Crippen LogP contribution in [0.25, 0.3) is 16.8 Å². The number of hydrogen-bond donors (Lipinski definition) is 3. The first kappa shape index (κ1) is 20.8. The molecule has 3 rings (SSSR count). The van der Waals surface area contributed by atoms with Gasteiger partial charge in [0.05, 0.1) is 13.0 Å². The van der Waals surface area contributed by atoms with Crippen molar-refractivity contribution >= 4 is 23.6 Å². The van der Waals surface area contributed by atoms with Gasteiger partial charge in [-0.05, 0) is 41.0 Å². The standard InChI is InChI=1S/C24H24N4O2/c25-22(10-13-27-17-18-5-4-12-26-16-18)21-15-20(19-6-2-1-3-7-19)8-9-23(21)28-14-11-24(29)30/h1-10,12-13,15-16,28H,11,14,17,25H2,(H,29,30)/b22-10-,27-13?. The molecular formula is C24H24N4O2. The number of allylic oxidation sites excluding steroid dienone is 1. The highest BCUT2D eigenvalue weighted by Gasteiger charge is 2.08. The van der Waals surface area contributed by atoms with Crippen LogP contribution in [-0.2, 0) is 11.3 Å². The van der Waals surface area contributed by atoms with Crippen LogP contribution < -0.4 is 11.1 Å². The number of aromatic nitrogens is 1.